The summed E-state index contributed by atoms with van der Waals surface area (Å²) in [5.74, 6) is 1.89. The molecule has 1 aliphatic carbocycles. The summed E-state index contributed by atoms with van der Waals surface area (Å²) in [6, 6.07) is 10.7. The summed E-state index contributed by atoms with van der Waals surface area (Å²) < 4.78 is 1.14. The Labute approximate surface area is 168 Å². The quantitative estimate of drug-likeness (QED) is 0.712. The first-order valence-electron chi connectivity index (χ1n) is 9.76. The van der Waals surface area contributed by atoms with Crippen LogP contribution in [-0.2, 0) is 4.79 Å². The van der Waals surface area contributed by atoms with Crippen molar-refractivity contribution < 1.29 is 4.79 Å². The van der Waals surface area contributed by atoms with Gasteiger partial charge in [-0.2, -0.15) is 0 Å². The standard InChI is InChI=1S/C22H24N4OS/c1-22(2,3)21(27)25-18-14-7-5-4-6-13(14)15-10-26(11-16(15)18)20-19-17(8-9-28-19)23-12-24-20/h4-9,12,15-16,18H,10-11H2,1-3H3,(H,25,27)/t15-,16-,18+/m0/s1. The zero-order valence-corrected chi connectivity index (χ0v) is 17.2. The molecule has 3 aromatic rings. The highest BCUT2D eigenvalue weighted by Crippen LogP contribution is 2.50. The van der Waals surface area contributed by atoms with Gasteiger partial charge in [0.05, 0.1) is 16.3 Å². The Kier molecular flexibility index (Phi) is 3.95. The first-order valence-corrected chi connectivity index (χ1v) is 10.6. The molecule has 1 N–H and O–H groups in total. The van der Waals surface area contributed by atoms with Gasteiger partial charge in [0.15, 0.2) is 0 Å². The van der Waals surface area contributed by atoms with Crippen LogP contribution in [0.1, 0.15) is 43.9 Å². The predicted octanol–water partition coefficient (Wildman–Crippen LogP) is 4.13. The second-order valence-electron chi connectivity index (χ2n) is 8.84. The summed E-state index contributed by atoms with van der Waals surface area (Å²) in [4.78, 5) is 24.1. The van der Waals surface area contributed by atoms with Crippen LogP contribution in [0.2, 0.25) is 0 Å². The summed E-state index contributed by atoms with van der Waals surface area (Å²) in [5.41, 5.74) is 3.25. The van der Waals surface area contributed by atoms with E-state index in [1.807, 2.05) is 26.8 Å². The fourth-order valence-corrected chi connectivity index (χ4v) is 5.44. The molecule has 5 nitrogen and oxygen atoms in total. The van der Waals surface area contributed by atoms with Crippen LogP contribution in [0.4, 0.5) is 5.82 Å². The zero-order valence-electron chi connectivity index (χ0n) is 16.3. The van der Waals surface area contributed by atoms with Crippen LogP contribution >= 0.6 is 11.3 Å². The second-order valence-corrected chi connectivity index (χ2v) is 9.75. The Morgan fingerprint density at radius 2 is 1.93 bits per heavy atom. The molecular formula is C22H24N4OS. The van der Waals surface area contributed by atoms with Gasteiger partial charge in [-0.1, -0.05) is 45.0 Å². The lowest BCUT2D eigenvalue weighted by molar-refractivity contribution is -0.129. The van der Waals surface area contributed by atoms with E-state index >= 15 is 0 Å². The van der Waals surface area contributed by atoms with E-state index in [1.54, 1.807) is 17.7 Å². The molecule has 0 bridgehead atoms. The number of anilines is 1. The first-order chi connectivity index (χ1) is 13.4. The topological polar surface area (TPSA) is 58.1 Å². The molecule has 2 aromatic heterocycles. The van der Waals surface area contributed by atoms with Crippen LogP contribution in [0.15, 0.2) is 42.0 Å². The minimum atomic E-state index is -0.402. The lowest BCUT2D eigenvalue weighted by Gasteiger charge is -2.27. The van der Waals surface area contributed by atoms with Crippen LogP contribution in [-0.4, -0.2) is 29.0 Å². The van der Waals surface area contributed by atoms with Gasteiger partial charge < -0.3 is 10.2 Å². The van der Waals surface area contributed by atoms with Crippen molar-refractivity contribution in [2.45, 2.75) is 32.7 Å². The number of thiophene rings is 1. The van der Waals surface area contributed by atoms with Crippen molar-refractivity contribution in [1.29, 1.82) is 0 Å². The second kappa shape index (κ2) is 6.27. The maximum atomic E-state index is 12.8. The normalized spacial score (nSPS) is 23.7. The summed E-state index contributed by atoms with van der Waals surface area (Å²) in [7, 11) is 0. The number of hydrogen-bond acceptors (Lipinski definition) is 5. The number of nitrogens with zero attached hydrogens (tertiary/aromatic N) is 3. The molecule has 5 rings (SSSR count). The van der Waals surface area contributed by atoms with Gasteiger partial charge in [-0.15, -0.1) is 11.3 Å². The van der Waals surface area contributed by atoms with Crippen molar-refractivity contribution >= 4 is 33.3 Å². The molecule has 1 aromatic carbocycles. The van der Waals surface area contributed by atoms with Gasteiger partial charge >= 0.3 is 0 Å². The third-order valence-corrected chi connectivity index (χ3v) is 6.92. The van der Waals surface area contributed by atoms with E-state index in [4.69, 9.17) is 0 Å². The molecule has 28 heavy (non-hydrogen) atoms. The van der Waals surface area contributed by atoms with Gasteiger partial charge in [0, 0.05) is 30.3 Å². The van der Waals surface area contributed by atoms with E-state index in [2.05, 4.69) is 49.8 Å². The molecule has 0 unspecified atom stereocenters. The number of fused-ring (bicyclic) bond motifs is 4. The summed E-state index contributed by atoms with van der Waals surface area (Å²) >= 11 is 1.69. The number of aromatic nitrogens is 2. The molecule has 1 fully saturated rings. The first kappa shape index (κ1) is 17.6. The minimum Gasteiger partial charge on any atom is -0.354 e. The maximum absolute atomic E-state index is 12.8. The SMILES string of the molecule is CC(C)(C)C(=O)N[C@@H]1c2ccccc2[C@@H]2CN(c3ncnc4ccsc34)C[C@H]12. The fraction of sp³-hybridized carbons (Fsp3) is 0.409. The third-order valence-electron chi connectivity index (χ3n) is 6.02. The molecule has 144 valence electrons. The van der Waals surface area contributed by atoms with E-state index in [9.17, 15) is 4.79 Å². The highest BCUT2D eigenvalue weighted by molar-refractivity contribution is 7.17. The maximum Gasteiger partial charge on any atom is 0.225 e. The predicted molar refractivity (Wildman–Crippen MR) is 113 cm³/mol. The van der Waals surface area contributed by atoms with Crippen molar-refractivity contribution in [1.82, 2.24) is 15.3 Å². The number of carbonyl (C=O) groups excluding carboxylic acids is 1. The van der Waals surface area contributed by atoms with Gasteiger partial charge in [-0.3, -0.25) is 4.79 Å². The molecular weight excluding hydrogens is 368 g/mol. The van der Waals surface area contributed by atoms with Gasteiger partial charge in [0.1, 0.15) is 12.1 Å². The van der Waals surface area contributed by atoms with Crippen molar-refractivity contribution in [2.75, 3.05) is 18.0 Å². The molecule has 3 heterocycles. The molecule has 1 amide bonds. The molecule has 0 radical (unpaired) electrons. The van der Waals surface area contributed by atoms with Crippen molar-refractivity contribution in [3.05, 3.63) is 53.2 Å². The Balaban J connectivity index is 1.50. The van der Waals surface area contributed by atoms with E-state index in [0.29, 0.717) is 11.8 Å². The highest BCUT2D eigenvalue weighted by Gasteiger charge is 2.47. The van der Waals surface area contributed by atoms with Crippen molar-refractivity contribution in [3.63, 3.8) is 0 Å². The monoisotopic (exact) mass is 392 g/mol. The summed E-state index contributed by atoms with van der Waals surface area (Å²) in [5, 5.41) is 5.43. The molecule has 3 atom stereocenters. The largest absolute Gasteiger partial charge is 0.354 e. The average molecular weight is 393 g/mol. The van der Waals surface area contributed by atoms with Crippen molar-refractivity contribution in [2.24, 2.45) is 11.3 Å². The Morgan fingerprint density at radius 3 is 2.71 bits per heavy atom. The van der Waals surface area contributed by atoms with Crippen LogP contribution in [0.25, 0.3) is 10.2 Å². The molecule has 1 aliphatic heterocycles. The van der Waals surface area contributed by atoms with Crippen LogP contribution < -0.4 is 10.2 Å². The van der Waals surface area contributed by atoms with Crippen molar-refractivity contribution in [3.8, 4) is 0 Å². The number of carbonyl (C=O) groups is 1. The number of nitrogens with one attached hydrogen (secondary N) is 1. The van der Waals surface area contributed by atoms with Crippen LogP contribution in [0.3, 0.4) is 0 Å². The van der Waals surface area contributed by atoms with E-state index in [-0.39, 0.29) is 11.9 Å². The lowest BCUT2D eigenvalue weighted by atomic mass is 9.91. The number of rotatable bonds is 2. The molecule has 2 aliphatic rings. The fourth-order valence-electron chi connectivity index (χ4n) is 4.57. The Bertz CT molecular complexity index is 1050. The molecule has 1 saturated heterocycles. The molecule has 0 saturated carbocycles. The van der Waals surface area contributed by atoms with Crippen LogP contribution in [0, 0.1) is 11.3 Å². The number of benzene rings is 1. The van der Waals surface area contributed by atoms with E-state index in [0.717, 1.165) is 29.1 Å². The number of amides is 1. The third kappa shape index (κ3) is 2.70. The Hall–Kier alpha value is -2.47. The summed E-state index contributed by atoms with van der Waals surface area (Å²) in [6.07, 6.45) is 1.66. The highest BCUT2D eigenvalue weighted by atomic mass is 32.1. The Morgan fingerprint density at radius 1 is 1.14 bits per heavy atom. The van der Waals surface area contributed by atoms with Crippen LogP contribution in [0.5, 0.6) is 0 Å². The van der Waals surface area contributed by atoms with Gasteiger partial charge in [0.2, 0.25) is 5.91 Å². The average Bonchev–Trinajstić information content (AvgIpc) is 3.36. The lowest BCUT2D eigenvalue weighted by Crippen LogP contribution is -2.40. The smallest absolute Gasteiger partial charge is 0.225 e. The van der Waals surface area contributed by atoms with Gasteiger partial charge in [-0.25, -0.2) is 9.97 Å². The summed E-state index contributed by atoms with van der Waals surface area (Å²) in [6.45, 7) is 7.72. The minimum absolute atomic E-state index is 0.0542. The molecule has 6 heteroatoms. The van der Waals surface area contributed by atoms with Gasteiger partial charge in [-0.05, 0) is 22.6 Å². The number of hydrogen-bond donors (Lipinski definition) is 1. The van der Waals surface area contributed by atoms with E-state index in [1.165, 1.54) is 11.1 Å². The van der Waals surface area contributed by atoms with E-state index < -0.39 is 5.41 Å². The van der Waals surface area contributed by atoms with Gasteiger partial charge in [0.25, 0.3) is 0 Å². The zero-order chi connectivity index (χ0) is 19.5. The molecule has 0 spiro atoms.